The summed E-state index contributed by atoms with van der Waals surface area (Å²) < 4.78 is 4.73. The van der Waals surface area contributed by atoms with Gasteiger partial charge in [-0.15, -0.1) is 0 Å². The first-order valence-electron chi connectivity index (χ1n) is 5.50. The standard InChI is InChI=1S/C11H20O4/c1-3-5-6-7-9(11(13)14)8-10(12)15-4-2/h9H,3-8H2,1-2H3,(H,13,14). The Bertz CT molecular complexity index is 201. The van der Waals surface area contributed by atoms with Crippen molar-refractivity contribution >= 4 is 11.9 Å². The second kappa shape index (κ2) is 8.26. The highest BCUT2D eigenvalue weighted by molar-refractivity contribution is 5.78. The van der Waals surface area contributed by atoms with Gasteiger partial charge in [-0.1, -0.05) is 26.2 Å². The average Bonchev–Trinajstić information content (AvgIpc) is 2.16. The van der Waals surface area contributed by atoms with E-state index in [4.69, 9.17) is 9.84 Å². The zero-order valence-electron chi connectivity index (χ0n) is 9.49. The highest BCUT2D eigenvalue weighted by Gasteiger charge is 2.21. The van der Waals surface area contributed by atoms with Gasteiger partial charge < -0.3 is 9.84 Å². The zero-order chi connectivity index (χ0) is 11.7. The Morgan fingerprint density at radius 1 is 1.27 bits per heavy atom. The van der Waals surface area contributed by atoms with Crippen LogP contribution >= 0.6 is 0 Å². The van der Waals surface area contributed by atoms with Crippen LogP contribution in [0.4, 0.5) is 0 Å². The van der Waals surface area contributed by atoms with Crippen LogP contribution < -0.4 is 0 Å². The van der Waals surface area contributed by atoms with E-state index in [0.29, 0.717) is 13.0 Å². The summed E-state index contributed by atoms with van der Waals surface area (Å²) in [4.78, 5) is 21.9. The maximum atomic E-state index is 11.1. The van der Waals surface area contributed by atoms with Crippen molar-refractivity contribution in [2.45, 2.75) is 46.0 Å². The quantitative estimate of drug-likeness (QED) is 0.499. The summed E-state index contributed by atoms with van der Waals surface area (Å²) in [5.41, 5.74) is 0. The normalized spacial score (nSPS) is 12.1. The van der Waals surface area contributed by atoms with Gasteiger partial charge in [-0.2, -0.15) is 0 Å². The molecular weight excluding hydrogens is 196 g/mol. The summed E-state index contributed by atoms with van der Waals surface area (Å²) in [5.74, 6) is -1.91. The van der Waals surface area contributed by atoms with Crippen molar-refractivity contribution in [1.29, 1.82) is 0 Å². The van der Waals surface area contributed by atoms with E-state index in [1.54, 1.807) is 6.92 Å². The van der Waals surface area contributed by atoms with E-state index in [2.05, 4.69) is 6.92 Å². The van der Waals surface area contributed by atoms with Crippen LogP contribution in [0.15, 0.2) is 0 Å². The smallest absolute Gasteiger partial charge is 0.307 e. The lowest BCUT2D eigenvalue weighted by molar-refractivity contribution is -0.151. The van der Waals surface area contributed by atoms with Crippen molar-refractivity contribution in [1.82, 2.24) is 0 Å². The van der Waals surface area contributed by atoms with Crippen molar-refractivity contribution < 1.29 is 19.4 Å². The molecule has 0 spiro atoms. The fourth-order valence-electron chi connectivity index (χ4n) is 1.37. The fraction of sp³-hybridized carbons (Fsp3) is 0.818. The third-order valence-corrected chi connectivity index (χ3v) is 2.22. The first kappa shape index (κ1) is 13.9. The fourth-order valence-corrected chi connectivity index (χ4v) is 1.37. The largest absolute Gasteiger partial charge is 0.481 e. The summed E-state index contributed by atoms with van der Waals surface area (Å²) in [6, 6.07) is 0. The highest BCUT2D eigenvalue weighted by atomic mass is 16.5. The Morgan fingerprint density at radius 2 is 1.93 bits per heavy atom. The van der Waals surface area contributed by atoms with E-state index in [9.17, 15) is 9.59 Å². The van der Waals surface area contributed by atoms with Crippen LogP contribution in [0.2, 0.25) is 0 Å². The zero-order valence-corrected chi connectivity index (χ0v) is 9.49. The highest BCUT2D eigenvalue weighted by Crippen LogP contribution is 2.14. The van der Waals surface area contributed by atoms with Crippen molar-refractivity contribution in [2.24, 2.45) is 5.92 Å². The van der Waals surface area contributed by atoms with Gasteiger partial charge in [0.25, 0.3) is 0 Å². The molecule has 88 valence electrons. The molecule has 0 rings (SSSR count). The Balaban J connectivity index is 3.93. The Labute approximate surface area is 90.6 Å². The van der Waals surface area contributed by atoms with E-state index in [1.165, 1.54) is 0 Å². The van der Waals surface area contributed by atoms with Crippen LogP contribution in [0.25, 0.3) is 0 Å². The minimum Gasteiger partial charge on any atom is -0.481 e. The number of carboxylic acid groups (broad SMARTS) is 1. The van der Waals surface area contributed by atoms with Crippen LogP contribution in [-0.2, 0) is 14.3 Å². The van der Waals surface area contributed by atoms with E-state index >= 15 is 0 Å². The Hall–Kier alpha value is -1.06. The minimum absolute atomic E-state index is 0.00706. The van der Waals surface area contributed by atoms with Gasteiger partial charge in [-0.25, -0.2) is 0 Å². The number of esters is 1. The number of carbonyl (C=O) groups excluding carboxylic acids is 1. The van der Waals surface area contributed by atoms with Crippen LogP contribution in [0.1, 0.15) is 46.0 Å². The Kier molecular flexibility index (Phi) is 7.68. The molecule has 0 aromatic carbocycles. The lowest BCUT2D eigenvalue weighted by atomic mass is 9.98. The van der Waals surface area contributed by atoms with Gasteiger partial charge >= 0.3 is 11.9 Å². The minimum atomic E-state index is -0.904. The maximum absolute atomic E-state index is 11.1. The van der Waals surface area contributed by atoms with Gasteiger partial charge in [0, 0.05) is 0 Å². The molecule has 0 aliphatic heterocycles. The van der Waals surface area contributed by atoms with Gasteiger partial charge in [0.15, 0.2) is 0 Å². The number of carbonyl (C=O) groups is 2. The third-order valence-electron chi connectivity index (χ3n) is 2.22. The second-order valence-corrected chi connectivity index (χ2v) is 3.54. The molecule has 0 amide bonds. The molecule has 0 aliphatic rings. The van der Waals surface area contributed by atoms with Crippen molar-refractivity contribution in [3.63, 3.8) is 0 Å². The maximum Gasteiger partial charge on any atom is 0.307 e. The number of unbranched alkanes of at least 4 members (excludes halogenated alkanes) is 2. The van der Waals surface area contributed by atoms with Gasteiger partial charge in [0.2, 0.25) is 0 Å². The van der Waals surface area contributed by atoms with E-state index in [1.807, 2.05) is 0 Å². The number of hydrogen-bond donors (Lipinski definition) is 1. The molecule has 4 nitrogen and oxygen atoms in total. The lowest BCUT2D eigenvalue weighted by Crippen LogP contribution is -2.19. The molecular formula is C11H20O4. The lowest BCUT2D eigenvalue weighted by Gasteiger charge is -2.10. The predicted molar refractivity (Wildman–Crippen MR) is 56.5 cm³/mol. The topological polar surface area (TPSA) is 63.6 Å². The van der Waals surface area contributed by atoms with Crippen LogP contribution in [-0.4, -0.2) is 23.7 Å². The van der Waals surface area contributed by atoms with E-state index in [0.717, 1.165) is 19.3 Å². The third kappa shape index (κ3) is 6.94. The average molecular weight is 216 g/mol. The Morgan fingerprint density at radius 3 is 2.40 bits per heavy atom. The van der Waals surface area contributed by atoms with Crippen molar-refractivity contribution in [3.8, 4) is 0 Å². The molecule has 1 N–H and O–H groups in total. The summed E-state index contributed by atoms with van der Waals surface area (Å²) in [7, 11) is 0. The molecule has 0 bridgehead atoms. The van der Waals surface area contributed by atoms with Crippen molar-refractivity contribution in [3.05, 3.63) is 0 Å². The summed E-state index contributed by atoms with van der Waals surface area (Å²) >= 11 is 0. The van der Waals surface area contributed by atoms with Crippen molar-refractivity contribution in [2.75, 3.05) is 6.61 Å². The monoisotopic (exact) mass is 216 g/mol. The number of rotatable bonds is 8. The molecule has 0 fully saturated rings. The van der Waals surface area contributed by atoms with Crippen LogP contribution in [0, 0.1) is 5.92 Å². The summed E-state index contributed by atoms with van der Waals surface area (Å²) in [6.07, 6.45) is 3.46. The number of ether oxygens (including phenoxy) is 1. The second-order valence-electron chi connectivity index (χ2n) is 3.54. The molecule has 1 unspecified atom stereocenters. The summed E-state index contributed by atoms with van der Waals surface area (Å²) in [5, 5.41) is 8.88. The summed E-state index contributed by atoms with van der Waals surface area (Å²) in [6.45, 7) is 4.08. The van der Waals surface area contributed by atoms with Gasteiger partial charge in [0.05, 0.1) is 18.9 Å². The molecule has 0 heterocycles. The first-order valence-corrected chi connectivity index (χ1v) is 5.50. The predicted octanol–water partition coefficient (Wildman–Crippen LogP) is 2.22. The molecule has 0 aromatic heterocycles. The van der Waals surface area contributed by atoms with E-state index < -0.39 is 17.9 Å². The van der Waals surface area contributed by atoms with Crippen LogP contribution in [0.3, 0.4) is 0 Å². The number of carboxylic acids is 1. The molecule has 0 radical (unpaired) electrons. The molecule has 0 aliphatic carbocycles. The van der Waals surface area contributed by atoms with E-state index in [-0.39, 0.29) is 6.42 Å². The van der Waals surface area contributed by atoms with Gasteiger partial charge in [-0.3, -0.25) is 9.59 Å². The molecule has 4 heteroatoms. The molecule has 0 saturated heterocycles. The molecule has 0 aromatic rings. The number of hydrogen-bond acceptors (Lipinski definition) is 3. The molecule has 15 heavy (non-hydrogen) atoms. The van der Waals surface area contributed by atoms with Crippen LogP contribution in [0.5, 0.6) is 0 Å². The van der Waals surface area contributed by atoms with Gasteiger partial charge in [-0.05, 0) is 13.3 Å². The SMILES string of the molecule is CCCCCC(CC(=O)OCC)C(=O)O. The van der Waals surface area contributed by atoms with Gasteiger partial charge in [0.1, 0.15) is 0 Å². The number of aliphatic carboxylic acids is 1. The first-order chi connectivity index (χ1) is 7.11. The molecule has 0 saturated carbocycles. The molecule has 1 atom stereocenters.